The van der Waals surface area contributed by atoms with Gasteiger partial charge in [0.15, 0.2) is 5.69 Å². The number of nitrogens with one attached hydrogen (secondary N) is 2. The van der Waals surface area contributed by atoms with Crippen LogP contribution in [0.25, 0.3) is 16.8 Å². The maximum absolute atomic E-state index is 12.6. The van der Waals surface area contributed by atoms with E-state index in [-0.39, 0.29) is 17.8 Å². The molecule has 0 saturated heterocycles. The smallest absolute Gasteiger partial charge is 0.268 e. The van der Waals surface area contributed by atoms with E-state index in [2.05, 4.69) is 16.0 Å². The van der Waals surface area contributed by atoms with Crippen molar-refractivity contribution in [3.05, 3.63) is 81.8 Å². The molecule has 0 saturated carbocycles. The number of rotatable bonds is 4. The molecule has 0 bridgehead atoms. The van der Waals surface area contributed by atoms with E-state index in [1.165, 1.54) is 18.2 Å². The molecule has 0 aliphatic heterocycles. The molecule has 3 aromatic rings. The molecule has 10 heteroatoms. The lowest BCUT2D eigenvalue weighted by Crippen LogP contribution is -2.42. The molecule has 3 rings (SSSR count). The summed E-state index contributed by atoms with van der Waals surface area (Å²) in [5.41, 5.74) is 3.58. The topological polar surface area (TPSA) is 93.1 Å². The summed E-state index contributed by atoms with van der Waals surface area (Å²) in [6.45, 7) is 1.96. The highest BCUT2D eigenvalue weighted by Crippen LogP contribution is 2.29. The fourth-order valence-electron chi connectivity index (χ4n) is 2.79. The van der Waals surface area contributed by atoms with Crippen molar-refractivity contribution in [1.29, 1.82) is 0 Å². The van der Waals surface area contributed by atoms with E-state index in [0.29, 0.717) is 16.3 Å². The maximum Gasteiger partial charge on any atom is 0.416 e. The van der Waals surface area contributed by atoms with Gasteiger partial charge in [-0.2, -0.15) is 18.3 Å². The van der Waals surface area contributed by atoms with Gasteiger partial charge in [-0.05, 0) is 36.8 Å². The zero-order chi connectivity index (χ0) is 22.6. The van der Waals surface area contributed by atoms with E-state index < -0.39 is 23.6 Å². The van der Waals surface area contributed by atoms with Gasteiger partial charge >= 0.3 is 6.18 Å². The molecule has 2 N–H and O–H groups in total. The molecule has 0 spiro atoms. The third kappa shape index (κ3) is 4.97. The van der Waals surface area contributed by atoms with E-state index in [4.69, 9.17) is 0 Å². The van der Waals surface area contributed by atoms with Crippen LogP contribution in [-0.2, 0) is 17.5 Å². The molecule has 7 nitrogen and oxygen atoms in total. The first-order chi connectivity index (χ1) is 14.7. The Morgan fingerprint density at radius 3 is 2.29 bits per heavy atom. The van der Waals surface area contributed by atoms with Gasteiger partial charge in [0.05, 0.1) is 10.9 Å². The first kappa shape index (κ1) is 21.8. The van der Waals surface area contributed by atoms with E-state index in [1.807, 2.05) is 0 Å². The summed E-state index contributed by atoms with van der Waals surface area (Å²) in [6.07, 6.45) is -2.09. The number of carbonyl (C=O) groups is 2. The molecule has 0 unspecified atom stereocenters. The number of hydrazine groups is 1. The minimum Gasteiger partial charge on any atom is -0.268 e. The first-order valence-corrected chi connectivity index (χ1v) is 9.16. The lowest BCUT2D eigenvalue weighted by Gasteiger charge is -2.10. The Bertz CT molecular complexity index is 1220. The highest BCUT2D eigenvalue weighted by Gasteiger charge is 2.29. The number of benzene rings is 2. The van der Waals surface area contributed by atoms with Crippen LogP contribution in [0.5, 0.6) is 0 Å². The van der Waals surface area contributed by atoms with Gasteiger partial charge in [-0.3, -0.25) is 25.2 Å². The summed E-state index contributed by atoms with van der Waals surface area (Å²) in [5, 5.41) is 4.70. The number of aromatic nitrogens is 2. The van der Waals surface area contributed by atoms with E-state index in [1.54, 1.807) is 31.2 Å². The number of hydrogen-bond acceptors (Lipinski definition) is 4. The highest BCUT2D eigenvalue weighted by molar-refractivity contribution is 6.05. The van der Waals surface area contributed by atoms with Gasteiger partial charge in [0.1, 0.15) is 0 Å². The van der Waals surface area contributed by atoms with Gasteiger partial charge in [0, 0.05) is 18.0 Å². The van der Waals surface area contributed by atoms with Crippen LogP contribution in [0.3, 0.4) is 0 Å². The zero-order valence-corrected chi connectivity index (χ0v) is 16.2. The van der Waals surface area contributed by atoms with E-state index in [0.717, 1.165) is 22.9 Å². The normalized spacial score (nSPS) is 11.6. The van der Waals surface area contributed by atoms with Gasteiger partial charge < -0.3 is 0 Å². The van der Waals surface area contributed by atoms with Crippen LogP contribution in [0.1, 0.15) is 28.5 Å². The number of fused-ring (bicyclic) bond motifs is 1. The second kappa shape index (κ2) is 8.82. The number of halogens is 3. The van der Waals surface area contributed by atoms with Crippen LogP contribution in [0.4, 0.5) is 13.2 Å². The van der Waals surface area contributed by atoms with Gasteiger partial charge in [0.2, 0.25) is 0 Å². The quantitative estimate of drug-likeness (QED) is 0.492. The van der Waals surface area contributed by atoms with Crippen molar-refractivity contribution in [3.63, 3.8) is 0 Å². The summed E-state index contributed by atoms with van der Waals surface area (Å²) >= 11 is 0. The van der Waals surface area contributed by atoms with Crippen molar-refractivity contribution in [2.24, 2.45) is 0 Å². The van der Waals surface area contributed by atoms with Crippen LogP contribution in [0.15, 0.2) is 59.4 Å². The maximum atomic E-state index is 12.6. The fourth-order valence-corrected chi connectivity index (χ4v) is 2.79. The molecule has 0 aliphatic carbocycles. The lowest BCUT2D eigenvalue weighted by molar-refractivity contribution is -0.137. The van der Waals surface area contributed by atoms with E-state index in [9.17, 15) is 27.6 Å². The van der Waals surface area contributed by atoms with Crippen LogP contribution in [0.2, 0.25) is 0 Å². The summed E-state index contributed by atoms with van der Waals surface area (Å²) in [7, 11) is 0. The van der Waals surface area contributed by atoms with Crippen molar-refractivity contribution < 1.29 is 22.8 Å². The molecular weight excluding hydrogens is 413 g/mol. The molecule has 31 heavy (non-hydrogen) atoms. The Hall–Kier alpha value is -3.95. The number of nitrogens with zero attached hydrogens (tertiary/aromatic N) is 2. The molecule has 1 heterocycles. The highest BCUT2D eigenvalue weighted by atomic mass is 19.4. The lowest BCUT2D eigenvalue weighted by atomic mass is 10.1. The van der Waals surface area contributed by atoms with E-state index >= 15 is 0 Å². The third-order valence-electron chi connectivity index (χ3n) is 4.35. The Morgan fingerprint density at radius 1 is 1.03 bits per heavy atom. The van der Waals surface area contributed by atoms with Crippen molar-refractivity contribution in [2.45, 2.75) is 19.6 Å². The number of amides is 2. The van der Waals surface area contributed by atoms with Crippen LogP contribution >= 0.6 is 0 Å². The molecule has 1 aromatic heterocycles. The minimum atomic E-state index is -4.44. The Balaban J connectivity index is 1.70. The largest absolute Gasteiger partial charge is 0.416 e. The van der Waals surface area contributed by atoms with Crippen molar-refractivity contribution in [3.8, 4) is 0 Å². The number of alkyl halides is 3. The predicted octanol–water partition coefficient (Wildman–Crippen LogP) is 2.91. The van der Waals surface area contributed by atoms with Crippen molar-refractivity contribution in [1.82, 2.24) is 20.6 Å². The number of carbonyl (C=O) groups excluding carboxylic acids is 2. The van der Waals surface area contributed by atoms with Crippen LogP contribution in [-0.4, -0.2) is 21.6 Å². The van der Waals surface area contributed by atoms with Crippen LogP contribution < -0.4 is 16.4 Å². The second-order valence-electron chi connectivity index (χ2n) is 6.41. The minimum absolute atomic E-state index is 0.0379. The first-order valence-electron chi connectivity index (χ1n) is 9.16. The molecule has 2 aromatic carbocycles. The number of aryl methyl sites for hydroxylation is 1. The zero-order valence-electron chi connectivity index (χ0n) is 16.2. The molecule has 2 amide bonds. The Labute approximate surface area is 174 Å². The molecule has 160 valence electrons. The second-order valence-corrected chi connectivity index (χ2v) is 6.41. The molecule has 0 radical (unpaired) electrons. The van der Waals surface area contributed by atoms with Gasteiger partial charge in [-0.25, -0.2) is 4.68 Å². The Morgan fingerprint density at radius 2 is 1.68 bits per heavy atom. The van der Waals surface area contributed by atoms with Crippen LogP contribution in [0, 0.1) is 0 Å². The van der Waals surface area contributed by atoms with Gasteiger partial charge in [-0.1, -0.05) is 30.3 Å². The average molecular weight is 430 g/mol. The summed E-state index contributed by atoms with van der Waals surface area (Å²) < 4.78 is 38.9. The molecule has 0 aliphatic rings. The fraction of sp³-hybridized carbons (Fsp3) is 0.143. The standard InChI is InChI=1S/C21H17F3N4O3/c1-2-28-20(31)16-6-4-3-5-15(16)18(27-28)19(30)26-25-17(29)12-9-13-7-10-14(11-8-13)21(22,23)24/h3-12H,2H2,1H3,(H,25,29)(H,26,30)/b12-9+. The van der Waals surface area contributed by atoms with Crippen molar-refractivity contribution in [2.75, 3.05) is 0 Å². The molecule has 0 fully saturated rings. The van der Waals surface area contributed by atoms with Gasteiger partial charge in [-0.15, -0.1) is 0 Å². The third-order valence-corrected chi connectivity index (χ3v) is 4.35. The van der Waals surface area contributed by atoms with Crippen molar-refractivity contribution >= 4 is 28.7 Å². The average Bonchev–Trinajstić information content (AvgIpc) is 2.76. The summed E-state index contributed by atoms with van der Waals surface area (Å²) in [5.74, 6) is -1.43. The summed E-state index contributed by atoms with van der Waals surface area (Å²) in [4.78, 5) is 36.8. The van der Waals surface area contributed by atoms with Gasteiger partial charge in [0.25, 0.3) is 17.4 Å². The number of hydrogen-bond donors (Lipinski definition) is 2. The SMILES string of the molecule is CCn1nc(C(=O)NNC(=O)/C=C/c2ccc(C(F)(F)F)cc2)c2ccccc2c1=O. The molecule has 0 atom stereocenters. The monoisotopic (exact) mass is 430 g/mol. The summed E-state index contributed by atoms with van der Waals surface area (Å²) in [6, 6.07) is 10.7. The Kier molecular flexibility index (Phi) is 6.19. The molecular formula is C21H17F3N4O3. The predicted molar refractivity (Wildman–Crippen MR) is 108 cm³/mol.